The molecule has 0 aromatic heterocycles. The molecule has 0 aliphatic rings. The van der Waals surface area contributed by atoms with Crippen LogP contribution in [0.4, 0.5) is 0 Å². The first-order valence-corrected chi connectivity index (χ1v) is 14.4. The molecule has 0 saturated carbocycles. The summed E-state index contributed by atoms with van der Waals surface area (Å²) in [5.41, 5.74) is 0.0240. The summed E-state index contributed by atoms with van der Waals surface area (Å²) in [6.07, 6.45) is 0. The van der Waals surface area contributed by atoms with Crippen molar-refractivity contribution in [3.8, 4) is 0 Å². The molecule has 0 heterocycles. The molecule has 0 aliphatic carbocycles. The van der Waals surface area contributed by atoms with E-state index in [1.165, 1.54) is 12.1 Å². The average Bonchev–Trinajstić information content (AvgIpc) is 2.73. The van der Waals surface area contributed by atoms with Crippen molar-refractivity contribution in [1.29, 1.82) is 0 Å². The van der Waals surface area contributed by atoms with Crippen molar-refractivity contribution in [1.82, 2.24) is 0 Å². The third-order valence-electron chi connectivity index (χ3n) is 5.93. The molecular weight excluding hydrogens is 450 g/mol. The summed E-state index contributed by atoms with van der Waals surface area (Å²) in [7, 11) is -6.74. The van der Waals surface area contributed by atoms with Gasteiger partial charge in [0.2, 0.25) is 10.0 Å². The Hall–Kier alpha value is -2.29. The van der Waals surface area contributed by atoms with Gasteiger partial charge in [-0.05, 0) is 52.5 Å². The number of nitrogens with two attached hydrogens (primary N) is 1. The first kappa shape index (κ1) is 25.3. The highest BCUT2D eigenvalue weighted by Gasteiger charge is 2.50. The summed E-state index contributed by atoms with van der Waals surface area (Å²) in [4.78, 5) is -0.00320. The Kier molecular flexibility index (Phi) is 7.03. The third kappa shape index (κ3) is 5.28. The van der Waals surface area contributed by atoms with E-state index in [2.05, 4.69) is 45.0 Å². The van der Waals surface area contributed by atoms with E-state index < -0.39 is 23.9 Å². The number of sulfonamides is 1. The van der Waals surface area contributed by atoms with Gasteiger partial charge in [0.15, 0.2) is 0 Å². The van der Waals surface area contributed by atoms with Gasteiger partial charge >= 0.3 is 0 Å². The van der Waals surface area contributed by atoms with Gasteiger partial charge in [-0.25, -0.2) is 13.6 Å². The number of hydrogen-bond acceptors (Lipinski definition) is 4. The van der Waals surface area contributed by atoms with E-state index in [1.807, 2.05) is 36.4 Å². The van der Waals surface area contributed by atoms with E-state index in [4.69, 9.17) is 9.56 Å². The summed E-state index contributed by atoms with van der Waals surface area (Å²) in [5, 5.41) is 18.2. The Balaban J connectivity index is 2.20. The van der Waals surface area contributed by atoms with E-state index in [0.717, 1.165) is 10.4 Å². The van der Waals surface area contributed by atoms with Gasteiger partial charge in [0.1, 0.15) is 0 Å². The molecule has 33 heavy (non-hydrogen) atoms. The lowest BCUT2D eigenvalue weighted by molar-refractivity contribution is 0.0761. The standard InChI is InChI=1S/C26H33NO4SSi/c1-25(2,3)33(22-12-8-6-9-13-22,23-14-10-7-11-15-23)31-19-20-18-21(32(27,29)30)16-17-24(20)26(4,5)28/h6-18,28H,19H2,1-5H3,(H2,27,29,30). The first-order valence-electron chi connectivity index (χ1n) is 10.9. The highest BCUT2D eigenvalue weighted by molar-refractivity contribution is 7.89. The highest BCUT2D eigenvalue weighted by Crippen LogP contribution is 2.38. The van der Waals surface area contributed by atoms with E-state index in [1.54, 1.807) is 19.9 Å². The van der Waals surface area contributed by atoms with Crippen molar-refractivity contribution < 1.29 is 18.0 Å². The number of rotatable bonds is 7. The van der Waals surface area contributed by atoms with Crippen molar-refractivity contribution in [2.24, 2.45) is 5.14 Å². The molecule has 0 fully saturated rings. The van der Waals surface area contributed by atoms with Gasteiger partial charge in [0, 0.05) is 0 Å². The van der Waals surface area contributed by atoms with Crippen LogP contribution in [0.15, 0.2) is 83.8 Å². The van der Waals surface area contributed by atoms with Crippen molar-refractivity contribution in [2.75, 3.05) is 0 Å². The van der Waals surface area contributed by atoms with Crippen molar-refractivity contribution in [3.05, 3.63) is 90.0 Å². The lowest BCUT2D eigenvalue weighted by Gasteiger charge is -2.43. The van der Waals surface area contributed by atoms with Gasteiger partial charge in [0.25, 0.3) is 8.32 Å². The van der Waals surface area contributed by atoms with Crippen LogP contribution in [0.3, 0.4) is 0 Å². The second-order valence-electron chi connectivity index (χ2n) is 9.87. The molecule has 3 N–H and O–H groups in total. The molecule has 5 nitrogen and oxygen atoms in total. The smallest absolute Gasteiger partial charge is 0.261 e. The Morgan fingerprint density at radius 1 is 0.848 bits per heavy atom. The zero-order chi connectivity index (χ0) is 24.5. The van der Waals surface area contributed by atoms with Crippen LogP contribution >= 0.6 is 0 Å². The second-order valence-corrected chi connectivity index (χ2v) is 15.7. The van der Waals surface area contributed by atoms with Gasteiger partial charge in [-0.2, -0.15) is 0 Å². The molecule has 7 heteroatoms. The van der Waals surface area contributed by atoms with Gasteiger partial charge in [0.05, 0.1) is 17.1 Å². The van der Waals surface area contributed by atoms with Crippen LogP contribution in [0.5, 0.6) is 0 Å². The molecule has 0 radical (unpaired) electrons. The predicted octanol–water partition coefficient (Wildman–Crippen LogP) is 3.64. The van der Waals surface area contributed by atoms with E-state index >= 15 is 0 Å². The summed E-state index contributed by atoms with van der Waals surface area (Å²) < 4.78 is 31.0. The molecule has 176 valence electrons. The molecule has 0 unspecified atom stereocenters. The first-order chi connectivity index (χ1) is 15.3. The lowest BCUT2D eigenvalue weighted by atomic mass is 9.93. The Morgan fingerprint density at radius 3 is 1.73 bits per heavy atom. The highest BCUT2D eigenvalue weighted by atomic mass is 32.2. The molecule has 3 aromatic carbocycles. The maximum atomic E-state index is 12.0. The molecule has 0 bridgehead atoms. The Bertz CT molecular complexity index is 1160. The van der Waals surface area contributed by atoms with E-state index in [9.17, 15) is 13.5 Å². The summed E-state index contributed by atoms with van der Waals surface area (Å²) in [6, 6.07) is 25.0. The van der Waals surface area contributed by atoms with Crippen LogP contribution in [-0.2, 0) is 26.7 Å². The molecular formula is C26H33NO4SSi. The predicted molar refractivity (Wildman–Crippen MR) is 135 cm³/mol. The normalized spacial score (nSPS) is 13.2. The second kappa shape index (κ2) is 9.16. The number of aliphatic hydroxyl groups is 1. The van der Waals surface area contributed by atoms with Crippen LogP contribution in [-0.4, -0.2) is 21.8 Å². The summed E-state index contributed by atoms with van der Waals surface area (Å²) >= 11 is 0. The average molecular weight is 484 g/mol. The molecule has 3 rings (SSSR count). The zero-order valence-electron chi connectivity index (χ0n) is 19.9. The number of benzene rings is 3. The van der Waals surface area contributed by atoms with Gasteiger partial charge in [-0.1, -0.05) is 87.5 Å². The topological polar surface area (TPSA) is 89.6 Å². The largest absolute Gasteiger partial charge is 0.403 e. The monoisotopic (exact) mass is 483 g/mol. The fraction of sp³-hybridized carbons (Fsp3) is 0.308. The maximum Gasteiger partial charge on any atom is 0.261 e. The fourth-order valence-electron chi connectivity index (χ4n) is 4.41. The van der Waals surface area contributed by atoms with Crippen LogP contribution in [0.25, 0.3) is 0 Å². The summed E-state index contributed by atoms with van der Waals surface area (Å²) in [5.74, 6) is 0. The van der Waals surface area contributed by atoms with Crippen LogP contribution in [0.1, 0.15) is 45.7 Å². The minimum atomic E-state index is -3.90. The fourth-order valence-corrected chi connectivity index (χ4v) is 9.50. The molecule has 0 amide bonds. The number of hydrogen-bond donors (Lipinski definition) is 2. The SMILES string of the molecule is CC(C)(O)c1ccc(S(N)(=O)=O)cc1CO[Si](c1ccccc1)(c1ccccc1)C(C)(C)C. The van der Waals surface area contributed by atoms with Crippen molar-refractivity contribution in [2.45, 2.75) is 56.8 Å². The lowest BCUT2D eigenvalue weighted by Crippen LogP contribution is -2.66. The summed E-state index contributed by atoms with van der Waals surface area (Å²) in [6.45, 7) is 10.0. The number of primary sulfonamides is 1. The Morgan fingerprint density at radius 2 is 1.33 bits per heavy atom. The van der Waals surface area contributed by atoms with Crippen LogP contribution in [0, 0.1) is 0 Å². The van der Waals surface area contributed by atoms with Crippen LogP contribution < -0.4 is 15.5 Å². The minimum absolute atomic E-state index is 0.00320. The minimum Gasteiger partial charge on any atom is -0.403 e. The quantitative estimate of drug-likeness (QED) is 0.502. The van der Waals surface area contributed by atoms with Gasteiger partial charge in [-0.15, -0.1) is 0 Å². The molecule has 0 atom stereocenters. The van der Waals surface area contributed by atoms with E-state index in [-0.39, 0.29) is 16.5 Å². The van der Waals surface area contributed by atoms with Crippen LogP contribution in [0.2, 0.25) is 5.04 Å². The molecule has 0 aliphatic heterocycles. The van der Waals surface area contributed by atoms with E-state index in [0.29, 0.717) is 11.1 Å². The van der Waals surface area contributed by atoms with Crippen molar-refractivity contribution >= 4 is 28.7 Å². The maximum absolute atomic E-state index is 12.0. The zero-order valence-corrected chi connectivity index (χ0v) is 21.7. The van der Waals surface area contributed by atoms with Gasteiger partial charge < -0.3 is 9.53 Å². The third-order valence-corrected chi connectivity index (χ3v) is 11.8. The molecule has 0 spiro atoms. The Labute approximate surface area is 198 Å². The van der Waals surface area contributed by atoms with Crippen molar-refractivity contribution in [3.63, 3.8) is 0 Å². The molecule has 0 saturated heterocycles. The molecule has 3 aromatic rings. The van der Waals surface area contributed by atoms with Gasteiger partial charge in [-0.3, -0.25) is 0 Å².